The van der Waals surface area contributed by atoms with Crippen LogP contribution < -0.4 is 10.6 Å². The van der Waals surface area contributed by atoms with Gasteiger partial charge in [0.2, 0.25) is 0 Å². The monoisotopic (exact) mass is 438 g/mol. The Bertz CT molecular complexity index is 337. The number of nitrogens with one attached hydrogen (secondary N) is 2. The molecule has 2 rings (SSSR count). The Hall–Kier alpha value is -0.0800. The van der Waals surface area contributed by atoms with E-state index in [9.17, 15) is 0 Å². The molecule has 23 heavy (non-hydrogen) atoms. The van der Waals surface area contributed by atoms with Crippen LogP contribution in [0.3, 0.4) is 0 Å². The molecule has 6 heteroatoms. The van der Waals surface area contributed by atoms with E-state index in [4.69, 9.17) is 9.73 Å². The summed E-state index contributed by atoms with van der Waals surface area (Å²) in [5, 5.41) is 6.76. The lowest BCUT2D eigenvalue weighted by molar-refractivity contribution is 0.123. The van der Waals surface area contributed by atoms with Gasteiger partial charge in [0.1, 0.15) is 0 Å². The second kappa shape index (κ2) is 12.3. The standard InChI is InChI=1S/C17H34N4O.HI/c1-3-18-17(19-10-6-12-22-14-15-8-9-15)20-13-16-7-5-11-21(16)4-2;/h15-16H,3-14H2,1-2H3,(H2,18,19,20);1H. The molecule has 1 saturated heterocycles. The van der Waals surface area contributed by atoms with E-state index in [1.807, 2.05) is 0 Å². The van der Waals surface area contributed by atoms with Crippen LogP contribution in [0.1, 0.15) is 46.0 Å². The van der Waals surface area contributed by atoms with Crippen LogP contribution in [0, 0.1) is 5.92 Å². The Morgan fingerprint density at radius 1 is 1.22 bits per heavy atom. The first-order valence-electron chi connectivity index (χ1n) is 9.17. The number of guanidine groups is 1. The first-order valence-corrected chi connectivity index (χ1v) is 9.17. The number of aliphatic imine (C=N–C) groups is 1. The summed E-state index contributed by atoms with van der Waals surface area (Å²) in [7, 11) is 0. The molecule has 5 nitrogen and oxygen atoms in total. The molecule has 2 N–H and O–H groups in total. The smallest absolute Gasteiger partial charge is 0.191 e. The summed E-state index contributed by atoms with van der Waals surface area (Å²) in [4.78, 5) is 7.30. The minimum Gasteiger partial charge on any atom is -0.381 e. The van der Waals surface area contributed by atoms with Crippen LogP contribution in [0.15, 0.2) is 4.99 Å². The minimum absolute atomic E-state index is 0. The molecule has 0 amide bonds. The van der Waals surface area contributed by atoms with Crippen LogP contribution in [-0.2, 0) is 4.74 Å². The van der Waals surface area contributed by atoms with E-state index in [0.29, 0.717) is 6.04 Å². The van der Waals surface area contributed by atoms with Gasteiger partial charge in [-0.15, -0.1) is 24.0 Å². The minimum atomic E-state index is 0. The fourth-order valence-electron chi connectivity index (χ4n) is 2.97. The number of nitrogens with zero attached hydrogens (tertiary/aromatic N) is 2. The van der Waals surface area contributed by atoms with Gasteiger partial charge in [0.15, 0.2) is 5.96 Å². The molecular formula is C17H35IN4O. The molecule has 1 heterocycles. The van der Waals surface area contributed by atoms with Crippen molar-refractivity contribution < 1.29 is 4.74 Å². The van der Waals surface area contributed by atoms with Crippen molar-refractivity contribution in [2.75, 3.05) is 45.9 Å². The first kappa shape index (κ1) is 21.0. The van der Waals surface area contributed by atoms with E-state index >= 15 is 0 Å². The summed E-state index contributed by atoms with van der Waals surface area (Å²) in [6.07, 6.45) is 6.38. The van der Waals surface area contributed by atoms with Gasteiger partial charge in [-0.25, -0.2) is 0 Å². The second-order valence-corrected chi connectivity index (χ2v) is 6.44. The predicted octanol–water partition coefficient (Wildman–Crippen LogP) is 2.46. The van der Waals surface area contributed by atoms with Gasteiger partial charge in [-0.2, -0.15) is 0 Å². The molecule has 0 aromatic heterocycles. The molecule has 2 aliphatic rings. The number of ether oxygens (including phenoxy) is 1. The highest BCUT2D eigenvalue weighted by atomic mass is 127. The van der Waals surface area contributed by atoms with Crippen molar-refractivity contribution in [3.63, 3.8) is 0 Å². The number of likely N-dealkylation sites (N-methyl/N-ethyl adjacent to an activating group) is 1. The highest BCUT2D eigenvalue weighted by molar-refractivity contribution is 14.0. The fourth-order valence-corrected chi connectivity index (χ4v) is 2.97. The Kier molecular flexibility index (Phi) is 11.2. The second-order valence-electron chi connectivity index (χ2n) is 6.44. The molecule has 136 valence electrons. The van der Waals surface area contributed by atoms with Gasteiger partial charge in [-0.3, -0.25) is 9.89 Å². The Morgan fingerprint density at radius 3 is 2.74 bits per heavy atom. The lowest BCUT2D eigenvalue weighted by atomic mass is 10.2. The van der Waals surface area contributed by atoms with Crippen molar-refractivity contribution >= 4 is 29.9 Å². The average Bonchev–Trinajstić information content (AvgIpc) is 3.24. The predicted molar refractivity (Wildman–Crippen MR) is 108 cm³/mol. The largest absolute Gasteiger partial charge is 0.381 e. The Morgan fingerprint density at radius 2 is 2.04 bits per heavy atom. The van der Waals surface area contributed by atoms with Crippen LogP contribution in [0.2, 0.25) is 0 Å². The third-order valence-electron chi connectivity index (χ3n) is 4.52. The average molecular weight is 438 g/mol. The maximum Gasteiger partial charge on any atom is 0.191 e. The molecular weight excluding hydrogens is 403 g/mol. The first-order chi connectivity index (χ1) is 10.8. The van der Waals surface area contributed by atoms with Crippen LogP contribution in [0.4, 0.5) is 0 Å². The van der Waals surface area contributed by atoms with Crippen molar-refractivity contribution in [1.82, 2.24) is 15.5 Å². The topological polar surface area (TPSA) is 48.9 Å². The van der Waals surface area contributed by atoms with E-state index in [1.54, 1.807) is 0 Å². The van der Waals surface area contributed by atoms with Crippen molar-refractivity contribution in [1.29, 1.82) is 0 Å². The van der Waals surface area contributed by atoms with Crippen molar-refractivity contribution in [2.24, 2.45) is 10.9 Å². The highest BCUT2D eigenvalue weighted by Gasteiger charge is 2.22. The molecule has 0 aromatic rings. The molecule has 1 unspecified atom stereocenters. The van der Waals surface area contributed by atoms with E-state index in [0.717, 1.165) is 57.7 Å². The molecule has 1 atom stereocenters. The summed E-state index contributed by atoms with van der Waals surface area (Å²) in [5.41, 5.74) is 0. The van der Waals surface area contributed by atoms with E-state index in [2.05, 4.69) is 29.4 Å². The lowest BCUT2D eigenvalue weighted by Crippen LogP contribution is -2.39. The summed E-state index contributed by atoms with van der Waals surface area (Å²) in [6.45, 7) is 11.3. The van der Waals surface area contributed by atoms with Gasteiger partial charge in [0.05, 0.1) is 6.54 Å². The molecule has 0 bridgehead atoms. The SMILES string of the molecule is CCNC(=NCC1CCCN1CC)NCCCOCC1CC1.I. The number of hydrogen-bond acceptors (Lipinski definition) is 3. The van der Waals surface area contributed by atoms with Crippen molar-refractivity contribution in [3.8, 4) is 0 Å². The molecule has 0 spiro atoms. The number of halogens is 1. The van der Waals surface area contributed by atoms with Gasteiger partial charge in [-0.1, -0.05) is 6.92 Å². The fraction of sp³-hybridized carbons (Fsp3) is 0.941. The summed E-state index contributed by atoms with van der Waals surface area (Å²) in [6, 6.07) is 0.627. The number of likely N-dealkylation sites (tertiary alicyclic amines) is 1. The number of hydrogen-bond donors (Lipinski definition) is 2. The van der Waals surface area contributed by atoms with E-state index in [-0.39, 0.29) is 24.0 Å². The van der Waals surface area contributed by atoms with E-state index < -0.39 is 0 Å². The van der Waals surface area contributed by atoms with Crippen molar-refractivity contribution in [2.45, 2.75) is 52.0 Å². The highest BCUT2D eigenvalue weighted by Crippen LogP contribution is 2.28. The Balaban J connectivity index is 0.00000264. The van der Waals surface area contributed by atoms with Gasteiger partial charge in [-0.05, 0) is 58.0 Å². The van der Waals surface area contributed by atoms with E-state index in [1.165, 1.54) is 32.2 Å². The quantitative estimate of drug-likeness (QED) is 0.238. The molecule has 0 radical (unpaired) electrons. The van der Waals surface area contributed by atoms with Gasteiger partial charge < -0.3 is 15.4 Å². The number of rotatable bonds is 10. The third-order valence-corrected chi connectivity index (χ3v) is 4.52. The molecule has 2 fully saturated rings. The van der Waals surface area contributed by atoms with Crippen LogP contribution in [-0.4, -0.2) is 62.8 Å². The van der Waals surface area contributed by atoms with Gasteiger partial charge in [0, 0.05) is 32.3 Å². The van der Waals surface area contributed by atoms with Gasteiger partial charge in [0.25, 0.3) is 0 Å². The van der Waals surface area contributed by atoms with Gasteiger partial charge >= 0.3 is 0 Å². The molecule has 1 aliphatic heterocycles. The molecule has 1 aliphatic carbocycles. The lowest BCUT2D eigenvalue weighted by Gasteiger charge is -2.21. The zero-order valence-corrected chi connectivity index (χ0v) is 17.2. The van der Waals surface area contributed by atoms with Crippen molar-refractivity contribution in [3.05, 3.63) is 0 Å². The normalized spacial score (nSPS) is 22.0. The third kappa shape index (κ3) is 8.54. The molecule has 1 saturated carbocycles. The van der Waals surface area contributed by atoms with Crippen LogP contribution >= 0.6 is 24.0 Å². The summed E-state index contributed by atoms with van der Waals surface area (Å²) in [5.74, 6) is 1.81. The maximum absolute atomic E-state index is 5.66. The maximum atomic E-state index is 5.66. The van der Waals surface area contributed by atoms with Crippen LogP contribution in [0.25, 0.3) is 0 Å². The molecule has 0 aromatic carbocycles. The Labute approximate surface area is 159 Å². The summed E-state index contributed by atoms with van der Waals surface area (Å²) >= 11 is 0. The zero-order valence-electron chi connectivity index (χ0n) is 14.9. The zero-order chi connectivity index (χ0) is 15.6. The van der Waals surface area contributed by atoms with Crippen LogP contribution in [0.5, 0.6) is 0 Å². The summed E-state index contributed by atoms with van der Waals surface area (Å²) < 4.78 is 5.66.